The molecule has 0 radical (unpaired) electrons. The molecule has 150 valence electrons. The molecule has 0 N–H and O–H groups in total. The number of aromatic nitrogens is 3. The van der Waals surface area contributed by atoms with Crippen LogP contribution in [0.1, 0.15) is 46.2 Å². The van der Waals surface area contributed by atoms with Crippen molar-refractivity contribution in [2.24, 2.45) is 0 Å². The van der Waals surface area contributed by atoms with Gasteiger partial charge in [-0.15, -0.1) is 0 Å². The van der Waals surface area contributed by atoms with Crippen LogP contribution in [0.2, 0.25) is 0 Å². The molecule has 1 spiro atoms. The van der Waals surface area contributed by atoms with E-state index in [1.165, 1.54) is 5.56 Å². The second-order valence-electron chi connectivity index (χ2n) is 7.81. The van der Waals surface area contributed by atoms with E-state index in [1.807, 2.05) is 27.8 Å². The molecule has 3 aromatic rings. The summed E-state index contributed by atoms with van der Waals surface area (Å²) in [6, 6.07) is 10.1. The molecule has 0 aliphatic carbocycles. The fraction of sp³-hybridized carbons (Fsp3) is 0.409. The Kier molecular flexibility index (Phi) is 4.28. The summed E-state index contributed by atoms with van der Waals surface area (Å²) in [6.07, 6.45) is 4.44. The van der Waals surface area contributed by atoms with E-state index in [1.54, 1.807) is 13.8 Å². The molecule has 1 fully saturated rings. The van der Waals surface area contributed by atoms with E-state index in [4.69, 9.17) is 14.3 Å². The third-order valence-electron chi connectivity index (χ3n) is 5.96. The van der Waals surface area contributed by atoms with E-state index >= 15 is 0 Å². The number of amides is 1. The first kappa shape index (κ1) is 18.1. The quantitative estimate of drug-likeness (QED) is 0.670. The minimum atomic E-state index is -0.417. The zero-order valence-corrected chi connectivity index (χ0v) is 16.7. The summed E-state index contributed by atoms with van der Waals surface area (Å²) < 4.78 is 13.7. The predicted octanol–water partition coefficient (Wildman–Crippen LogP) is 3.18. The van der Waals surface area contributed by atoms with Crippen molar-refractivity contribution < 1.29 is 13.9 Å². The van der Waals surface area contributed by atoms with Crippen molar-refractivity contribution in [1.82, 2.24) is 19.7 Å². The summed E-state index contributed by atoms with van der Waals surface area (Å²) in [6.45, 7) is 5.45. The minimum absolute atomic E-state index is 0.0694. The maximum atomic E-state index is 12.9. The number of hydrogen-bond donors (Lipinski definition) is 0. The smallest absolute Gasteiger partial charge is 0.276 e. The highest BCUT2D eigenvalue weighted by molar-refractivity contribution is 5.93. The number of likely N-dealkylation sites (tertiary alicyclic amines) is 1. The summed E-state index contributed by atoms with van der Waals surface area (Å²) in [4.78, 5) is 19.0. The number of fused-ring (bicyclic) bond motifs is 2. The summed E-state index contributed by atoms with van der Waals surface area (Å²) in [5, 5.41) is 4.90. The van der Waals surface area contributed by atoms with Crippen molar-refractivity contribution in [2.45, 2.75) is 38.7 Å². The molecule has 0 unspecified atom stereocenters. The molecular formula is C22H24N4O3. The van der Waals surface area contributed by atoms with Crippen molar-refractivity contribution in [1.29, 1.82) is 0 Å². The van der Waals surface area contributed by atoms with Gasteiger partial charge in [-0.3, -0.25) is 4.79 Å². The first-order chi connectivity index (χ1) is 14.1. The SMILES string of the molecule is Cc1nc(C(=O)N2CCC3(CC2)OCCc2cn(-c4ccccc4)nc23)c(C)o1. The Balaban J connectivity index is 1.38. The molecule has 5 rings (SSSR count). The van der Waals surface area contributed by atoms with Gasteiger partial charge >= 0.3 is 0 Å². The zero-order valence-electron chi connectivity index (χ0n) is 16.7. The Morgan fingerprint density at radius 2 is 1.90 bits per heavy atom. The largest absolute Gasteiger partial charge is 0.445 e. The Labute approximate surface area is 169 Å². The van der Waals surface area contributed by atoms with Gasteiger partial charge in [0.2, 0.25) is 0 Å². The number of oxazole rings is 1. The average Bonchev–Trinajstić information content (AvgIpc) is 3.33. The fourth-order valence-corrected chi connectivity index (χ4v) is 4.44. The van der Waals surface area contributed by atoms with E-state index in [9.17, 15) is 4.79 Å². The standard InChI is InChI=1S/C22H24N4O3/c1-15-19(23-16(2)29-15)21(27)25-11-9-22(10-12-25)20-17(8-13-28-22)14-26(24-20)18-6-4-3-5-7-18/h3-7,14H,8-13H2,1-2H3. The Morgan fingerprint density at radius 3 is 2.59 bits per heavy atom. The second kappa shape index (κ2) is 6.84. The summed E-state index contributed by atoms with van der Waals surface area (Å²) in [7, 11) is 0. The monoisotopic (exact) mass is 392 g/mol. The van der Waals surface area contributed by atoms with Gasteiger partial charge in [-0.2, -0.15) is 5.10 Å². The molecular weight excluding hydrogens is 368 g/mol. The lowest BCUT2D eigenvalue weighted by Crippen LogP contribution is -2.48. The number of para-hydroxylation sites is 1. The number of carbonyl (C=O) groups is 1. The molecule has 0 saturated carbocycles. The van der Waals surface area contributed by atoms with E-state index < -0.39 is 5.60 Å². The molecule has 1 aromatic carbocycles. The molecule has 2 aliphatic heterocycles. The van der Waals surface area contributed by atoms with Gasteiger partial charge in [0.25, 0.3) is 5.91 Å². The Bertz CT molecular complexity index is 1050. The molecule has 1 amide bonds. The van der Waals surface area contributed by atoms with Crippen LogP contribution in [0.25, 0.3) is 5.69 Å². The highest BCUT2D eigenvalue weighted by Gasteiger charge is 2.44. The van der Waals surface area contributed by atoms with Crippen molar-refractivity contribution in [3.05, 3.63) is 65.1 Å². The normalized spacial score (nSPS) is 18.1. The van der Waals surface area contributed by atoms with E-state index in [0.29, 0.717) is 37.0 Å². The summed E-state index contributed by atoms with van der Waals surface area (Å²) in [5.74, 6) is 1.02. The molecule has 7 nitrogen and oxygen atoms in total. The Morgan fingerprint density at radius 1 is 1.14 bits per heavy atom. The number of piperidine rings is 1. The van der Waals surface area contributed by atoms with Gasteiger partial charge in [0, 0.05) is 26.2 Å². The average molecular weight is 392 g/mol. The predicted molar refractivity (Wildman–Crippen MR) is 106 cm³/mol. The molecule has 29 heavy (non-hydrogen) atoms. The Hall–Kier alpha value is -2.93. The number of aryl methyl sites for hydroxylation is 2. The van der Waals surface area contributed by atoms with Crippen LogP contribution in [-0.2, 0) is 16.8 Å². The number of ether oxygens (including phenoxy) is 1. The highest BCUT2D eigenvalue weighted by atomic mass is 16.5. The van der Waals surface area contributed by atoms with Crippen LogP contribution >= 0.6 is 0 Å². The van der Waals surface area contributed by atoms with Gasteiger partial charge in [-0.1, -0.05) is 18.2 Å². The molecule has 2 aliphatic rings. The van der Waals surface area contributed by atoms with E-state index in [2.05, 4.69) is 23.3 Å². The molecule has 7 heteroatoms. The summed E-state index contributed by atoms with van der Waals surface area (Å²) in [5.41, 5.74) is 3.30. The van der Waals surface area contributed by atoms with Crippen LogP contribution in [0.15, 0.2) is 40.9 Å². The fourth-order valence-electron chi connectivity index (χ4n) is 4.44. The second-order valence-corrected chi connectivity index (χ2v) is 7.81. The van der Waals surface area contributed by atoms with Crippen LogP contribution in [-0.4, -0.2) is 45.3 Å². The number of rotatable bonds is 2. The maximum Gasteiger partial charge on any atom is 0.276 e. The van der Waals surface area contributed by atoms with Crippen molar-refractivity contribution >= 4 is 5.91 Å². The maximum absolute atomic E-state index is 12.9. The van der Waals surface area contributed by atoms with Gasteiger partial charge in [-0.05, 0) is 43.9 Å². The number of benzene rings is 1. The van der Waals surface area contributed by atoms with Gasteiger partial charge in [0.1, 0.15) is 11.4 Å². The minimum Gasteiger partial charge on any atom is -0.445 e. The lowest BCUT2D eigenvalue weighted by atomic mass is 9.83. The van der Waals surface area contributed by atoms with Gasteiger partial charge in [-0.25, -0.2) is 9.67 Å². The van der Waals surface area contributed by atoms with E-state index in [0.717, 1.165) is 30.6 Å². The number of hydrogen-bond acceptors (Lipinski definition) is 5. The number of carbonyl (C=O) groups excluding carboxylic acids is 1. The highest BCUT2D eigenvalue weighted by Crippen LogP contribution is 2.41. The number of nitrogens with zero attached hydrogens (tertiary/aromatic N) is 4. The lowest BCUT2D eigenvalue weighted by Gasteiger charge is -2.42. The van der Waals surface area contributed by atoms with E-state index in [-0.39, 0.29) is 5.91 Å². The van der Waals surface area contributed by atoms with Gasteiger partial charge in [0.15, 0.2) is 11.6 Å². The van der Waals surface area contributed by atoms with Crippen molar-refractivity contribution in [3.63, 3.8) is 0 Å². The summed E-state index contributed by atoms with van der Waals surface area (Å²) >= 11 is 0. The third-order valence-corrected chi connectivity index (χ3v) is 5.96. The molecule has 1 saturated heterocycles. The van der Waals surface area contributed by atoms with Crippen LogP contribution < -0.4 is 0 Å². The van der Waals surface area contributed by atoms with Gasteiger partial charge in [0.05, 0.1) is 18.0 Å². The van der Waals surface area contributed by atoms with Crippen LogP contribution in [0.4, 0.5) is 0 Å². The van der Waals surface area contributed by atoms with Crippen LogP contribution in [0, 0.1) is 13.8 Å². The third kappa shape index (κ3) is 3.06. The zero-order chi connectivity index (χ0) is 20.0. The van der Waals surface area contributed by atoms with Crippen LogP contribution in [0.5, 0.6) is 0 Å². The topological polar surface area (TPSA) is 73.4 Å². The molecule has 4 heterocycles. The van der Waals surface area contributed by atoms with Crippen molar-refractivity contribution in [3.8, 4) is 5.69 Å². The molecule has 0 bridgehead atoms. The molecule has 0 atom stereocenters. The van der Waals surface area contributed by atoms with Gasteiger partial charge < -0.3 is 14.1 Å². The lowest BCUT2D eigenvalue weighted by molar-refractivity contribution is -0.0963. The first-order valence-electron chi connectivity index (χ1n) is 10.1. The van der Waals surface area contributed by atoms with Crippen molar-refractivity contribution in [2.75, 3.05) is 19.7 Å². The van der Waals surface area contributed by atoms with Crippen LogP contribution in [0.3, 0.4) is 0 Å². The first-order valence-corrected chi connectivity index (χ1v) is 10.1. The molecule has 2 aromatic heterocycles.